The number of likely N-dealkylation sites (N-methyl/N-ethyl adjacent to an activating group) is 1. The molecule has 2 saturated heterocycles. The van der Waals surface area contributed by atoms with E-state index >= 15 is 0 Å². The van der Waals surface area contributed by atoms with Crippen LogP contribution < -0.4 is 20.3 Å². The number of aliphatic hydroxyl groups is 1. The van der Waals surface area contributed by atoms with Crippen molar-refractivity contribution in [1.29, 1.82) is 0 Å². The van der Waals surface area contributed by atoms with Crippen LogP contribution in [-0.2, 0) is 11.2 Å². The summed E-state index contributed by atoms with van der Waals surface area (Å²) in [5, 5.41) is 16.8. The Morgan fingerprint density at radius 1 is 1.08 bits per heavy atom. The molecule has 0 radical (unpaired) electrons. The second-order valence-corrected chi connectivity index (χ2v) is 13.1. The summed E-state index contributed by atoms with van der Waals surface area (Å²) < 4.78 is 11.6. The van der Waals surface area contributed by atoms with E-state index in [0.29, 0.717) is 47.7 Å². The molecule has 0 saturated carbocycles. The lowest BCUT2D eigenvalue weighted by Crippen LogP contribution is -2.52. The minimum absolute atomic E-state index is 0.0655. The first kappa shape index (κ1) is 34.2. The molecule has 0 unspecified atom stereocenters. The third-order valence-electron chi connectivity index (χ3n) is 9.83. The van der Waals surface area contributed by atoms with E-state index in [2.05, 4.69) is 48.9 Å². The third kappa shape index (κ3) is 7.60. The predicted molar refractivity (Wildman–Crippen MR) is 200 cm³/mol. The summed E-state index contributed by atoms with van der Waals surface area (Å²) in [6, 6.07) is 14.1. The Balaban J connectivity index is 1.17. The number of nitrogens with zero attached hydrogens (tertiary/aromatic N) is 6. The van der Waals surface area contributed by atoms with E-state index < -0.39 is 0 Å². The fourth-order valence-corrected chi connectivity index (χ4v) is 7.00. The van der Waals surface area contributed by atoms with Gasteiger partial charge in [-0.3, -0.25) is 9.69 Å². The fourth-order valence-electron chi connectivity index (χ4n) is 7.00. The van der Waals surface area contributed by atoms with Crippen molar-refractivity contribution in [2.24, 2.45) is 0 Å². The molecule has 266 valence electrons. The number of methoxy groups -OCH3 is 1. The molecule has 51 heavy (non-hydrogen) atoms. The normalized spacial score (nSPS) is 16.0. The lowest BCUT2D eigenvalue weighted by atomic mass is 10.0. The van der Waals surface area contributed by atoms with Crippen molar-refractivity contribution >= 4 is 39.9 Å². The molecule has 0 atom stereocenters. The quantitative estimate of drug-likeness (QED) is 0.126. The minimum atomic E-state index is -0.297. The molecule has 1 amide bonds. The standard InChI is InChI=1S/C38H45N9O4/c1-4-35(49)40-29-23-30(33(50-3)24-31(29)47-14-10-27(11-15-47)46-18-16-45(2)17-19-46)42-38-39-13-9-28(41-38)37-36(43-34(44-37)6-5-20-48)26-8-7-25-12-21-51-32(25)22-26/h4,7-9,12-13,21-24,27,48H,1,5-6,10-11,14-20H2,2-3H3,(H,40,49)(H,43,44)(H,39,41,42). The average Bonchev–Trinajstić information content (AvgIpc) is 3.82. The largest absolute Gasteiger partial charge is 0.494 e. The molecule has 0 bridgehead atoms. The molecule has 3 aromatic heterocycles. The summed E-state index contributed by atoms with van der Waals surface area (Å²) >= 11 is 0. The second kappa shape index (κ2) is 15.3. The van der Waals surface area contributed by atoms with Gasteiger partial charge in [-0.1, -0.05) is 18.7 Å². The van der Waals surface area contributed by atoms with Crippen molar-refractivity contribution in [3.8, 4) is 28.4 Å². The maximum atomic E-state index is 12.6. The van der Waals surface area contributed by atoms with Gasteiger partial charge in [0, 0.05) is 81.6 Å². The van der Waals surface area contributed by atoms with E-state index in [-0.39, 0.29) is 12.5 Å². The number of aromatic amines is 1. The van der Waals surface area contributed by atoms with E-state index in [1.165, 1.54) is 6.08 Å². The second-order valence-electron chi connectivity index (χ2n) is 13.1. The highest BCUT2D eigenvalue weighted by Gasteiger charge is 2.28. The predicted octanol–water partition coefficient (Wildman–Crippen LogP) is 5.30. The Bertz CT molecular complexity index is 1990. The Labute approximate surface area is 297 Å². The number of hydrogen-bond acceptors (Lipinski definition) is 11. The van der Waals surface area contributed by atoms with Crippen molar-refractivity contribution in [2.75, 3.05) is 75.6 Å². The van der Waals surface area contributed by atoms with Gasteiger partial charge in [-0.05, 0) is 56.7 Å². The first-order valence-electron chi connectivity index (χ1n) is 17.5. The van der Waals surface area contributed by atoms with Crippen LogP contribution in [0.5, 0.6) is 5.75 Å². The Hall–Kier alpha value is -5.24. The first-order chi connectivity index (χ1) is 24.9. The molecule has 7 rings (SSSR count). The zero-order valence-electron chi connectivity index (χ0n) is 29.2. The van der Waals surface area contributed by atoms with Crippen LogP contribution in [0.1, 0.15) is 25.1 Å². The number of benzene rings is 2. The van der Waals surface area contributed by atoms with Crippen molar-refractivity contribution in [2.45, 2.75) is 31.7 Å². The molecule has 2 aromatic carbocycles. The van der Waals surface area contributed by atoms with Gasteiger partial charge in [0.05, 0.1) is 47.5 Å². The molecular weight excluding hydrogens is 646 g/mol. The number of aryl methyl sites for hydroxylation is 1. The number of amides is 1. The monoisotopic (exact) mass is 691 g/mol. The number of rotatable bonds is 12. The van der Waals surface area contributed by atoms with Gasteiger partial charge in [0.15, 0.2) is 0 Å². The molecule has 5 heterocycles. The molecule has 2 fully saturated rings. The number of anilines is 4. The van der Waals surface area contributed by atoms with E-state index in [4.69, 9.17) is 19.1 Å². The summed E-state index contributed by atoms with van der Waals surface area (Å²) in [6.45, 7) is 9.89. The maximum Gasteiger partial charge on any atom is 0.247 e. The number of hydrogen-bond donors (Lipinski definition) is 4. The van der Waals surface area contributed by atoms with E-state index in [1.54, 1.807) is 19.6 Å². The number of H-pyrrole nitrogens is 1. The van der Waals surface area contributed by atoms with Crippen molar-refractivity contribution < 1.29 is 19.1 Å². The molecule has 13 heteroatoms. The van der Waals surface area contributed by atoms with E-state index in [1.807, 2.05) is 42.5 Å². The van der Waals surface area contributed by atoms with E-state index in [0.717, 1.165) is 91.5 Å². The number of fused-ring (bicyclic) bond motifs is 1. The van der Waals surface area contributed by atoms with Gasteiger partial charge in [-0.15, -0.1) is 0 Å². The minimum Gasteiger partial charge on any atom is -0.494 e. The van der Waals surface area contributed by atoms with Crippen LogP contribution in [0.2, 0.25) is 0 Å². The van der Waals surface area contributed by atoms with Crippen LogP contribution in [-0.4, -0.2) is 107 Å². The molecule has 2 aliphatic rings. The van der Waals surface area contributed by atoms with Gasteiger partial charge >= 0.3 is 0 Å². The highest BCUT2D eigenvalue weighted by atomic mass is 16.5. The van der Waals surface area contributed by atoms with Crippen LogP contribution in [0, 0.1) is 0 Å². The molecule has 0 spiro atoms. The number of aromatic nitrogens is 4. The molecule has 5 aromatic rings. The van der Waals surface area contributed by atoms with E-state index in [9.17, 15) is 9.90 Å². The fraction of sp³-hybridized carbons (Fsp3) is 0.368. The maximum absolute atomic E-state index is 12.6. The van der Waals surface area contributed by atoms with Gasteiger partial charge < -0.3 is 39.7 Å². The number of piperidine rings is 1. The third-order valence-corrected chi connectivity index (χ3v) is 9.83. The van der Waals surface area contributed by atoms with Crippen LogP contribution in [0.25, 0.3) is 33.6 Å². The average molecular weight is 692 g/mol. The number of aliphatic hydroxyl groups excluding tert-OH is 1. The number of carbonyl (C=O) groups is 1. The first-order valence-corrected chi connectivity index (χ1v) is 17.5. The molecule has 2 aliphatic heterocycles. The van der Waals surface area contributed by atoms with Crippen LogP contribution in [0.3, 0.4) is 0 Å². The number of imidazole rings is 1. The summed E-state index contributed by atoms with van der Waals surface area (Å²) in [6.07, 6.45) is 7.88. The Morgan fingerprint density at radius 2 is 1.90 bits per heavy atom. The van der Waals surface area contributed by atoms with Gasteiger partial charge in [-0.25, -0.2) is 15.0 Å². The van der Waals surface area contributed by atoms with Gasteiger partial charge in [0.2, 0.25) is 11.9 Å². The topological polar surface area (TPSA) is 148 Å². The molecule has 0 aliphatic carbocycles. The van der Waals surface area contributed by atoms with Gasteiger partial charge in [-0.2, -0.15) is 0 Å². The summed E-state index contributed by atoms with van der Waals surface area (Å²) in [5.41, 5.74) is 5.85. The van der Waals surface area contributed by atoms with Crippen molar-refractivity contribution in [1.82, 2.24) is 29.7 Å². The highest BCUT2D eigenvalue weighted by Crippen LogP contribution is 2.40. The zero-order chi connectivity index (χ0) is 35.3. The summed E-state index contributed by atoms with van der Waals surface area (Å²) in [5.74, 6) is 1.38. The number of furan rings is 1. The van der Waals surface area contributed by atoms with Crippen LogP contribution >= 0.6 is 0 Å². The Morgan fingerprint density at radius 3 is 2.67 bits per heavy atom. The van der Waals surface area contributed by atoms with Crippen LogP contribution in [0.15, 0.2) is 72.0 Å². The molecule has 13 nitrogen and oxygen atoms in total. The number of ether oxygens (including phenoxy) is 1. The number of nitrogens with one attached hydrogen (secondary N) is 3. The summed E-state index contributed by atoms with van der Waals surface area (Å²) in [7, 11) is 3.81. The number of piperazine rings is 1. The van der Waals surface area contributed by atoms with Crippen molar-refractivity contribution in [3.63, 3.8) is 0 Å². The number of carbonyl (C=O) groups excluding carboxylic acids is 1. The van der Waals surface area contributed by atoms with Gasteiger partial charge in [0.25, 0.3) is 0 Å². The molecule has 4 N–H and O–H groups in total. The van der Waals surface area contributed by atoms with Crippen molar-refractivity contribution in [3.05, 3.63) is 73.4 Å². The lowest BCUT2D eigenvalue weighted by Gasteiger charge is -2.43. The highest BCUT2D eigenvalue weighted by molar-refractivity contribution is 6.02. The zero-order valence-corrected chi connectivity index (χ0v) is 29.2. The SMILES string of the molecule is C=CC(=O)Nc1cc(Nc2nccc(-c3[nH]c(CCCO)nc3-c3ccc4ccoc4c3)n2)c(OC)cc1N1CCC(N2CCN(C)CC2)CC1. The molecular formula is C38H45N9O4. The summed E-state index contributed by atoms with van der Waals surface area (Å²) in [4.78, 5) is 37.7. The Kier molecular flexibility index (Phi) is 10.3. The van der Waals surface area contributed by atoms with Gasteiger partial charge in [0.1, 0.15) is 17.2 Å². The van der Waals surface area contributed by atoms with Crippen LogP contribution in [0.4, 0.5) is 23.0 Å². The smallest absolute Gasteiger partial charge is 0.247 e. The lowest BCUT2D eigenvalue weighted by molar-refractivity contribution is -0.111.